The van der Waals surface area contributed by atoms with Crippen molar-refractivity contribution in [1.29, 1.82) is 0 Å². The molecule has 0 fully saturated rings. The van der Waals surface area contributed by atoms with Gasteiger partial charge in [-0.1, -0.05) is 0 Å². The first-order chi connectivity index (χ1) is 5.15. The van der Waals surface area contributed by atoms with E-state index in [1.165, 1.54) is 0 Å². The third kappa shape index (κ3) is 1.34. The minimum Gasteiger partial charge on any atom is -0.298 e. The SMILES string of the molecule is O=Cc1c(F)nc(F)nc1F. The second-order valence-electron chi connectivity index (χ2n) is 1.61. The summed E-state index contributed by atoms with van der Waals surface area (Å²) in [6, 6.07) is 0. The van der Waals surface area contributed by atoms with E-state index in [9.17, 15) is 18.0 Å². The van der Waals surface area contributed by atoms with Crippen molar-refractivity contribution in [2.24, 2.45) is 0 Å². The van der Waals surface area contributed by atoms with E-state index in [0.29, 0.717) is 0 Å². The van der Waals surface area contributed by atoms with Crippen molar-refractivity contribution < 1.29 is 18.0 Å². The van der Waals surface area contributed by atoms with E-state index in [1.807, 2.05) is 0 Å². The molecular weight excluding hydrogens is 161 g/mol. The Bertz CT molecular complexity index is 279. The zero-order valence-electron chi connectivity index (χ0n) is 5.01. The Kier molecular flexibility index (Phi) is 1.84. The maximum absolute atomic E-state index is 12.2. The van der Waals surface area contributed by atoms with Crippen LogP contribution >= 0.6 is 0 Å². The number of hydrogen-bond acceptors (Lipinski definition) is 3. The summed E-state index contributed by atoms with van der Waals surface area (Å²) in [5.74, 6) is -2.99. The molecule has 0 N–H and O–H groups in total. The molecule has 0 atom stereocenters. The van der Waals surface area contributed by atoms with Crippen LogP contribution in [0.4, 0.5) is 13.2 Å². The van der Waals surface area contributed by atoms with Gasteiger partial charge in [-0.25, -0.2) is 0 Å². The van der Waals surface area contributed by atoms with E-state index >= 15 is 0 Å². The van der Waals surface area contributed by atoms with Crippen LogP contribution in [0.25, 0.3) is 0 Å². The number of carbonyl (C=O) groups is 1. The summed E-state index contributed by atoms with van der Waals surface area (Å²) in [5.41, 5.74) is -0.966. The highest BCUT2D eigenvalue weighted by Gasteiger charge is 2.12. The van der Waals surface area contributed by atoms with Gasteiger partial charge in [0, 0.05) is 0 Å². The molecule has 0 spiro atoms. The number of hydrogen-bond donors (Lipinski definition) is 0. The second-order valence-corrected chi connectivity index (χ2v) is 1.61. The lowest BCUT2D eigenvalue weighted by atomic mass is 10.4. The van der Waals surface area contributed by atoms with Crippen molar-refractivity contribution in [3.63, 3.8) is 0 Å². The van der Waals surface area contributed by atoms with Crippen LogP contribution in [0.3, 0.4) is 0 Å². The van der Waals surface area contributed by atoms with Crippen molar-refractivity contribution in [3.8, 4) is 0 Å². The molecule has 0 radical (unpaired) electrons. The summed E-state index contributed by atoms with van der Waals surface area (Å²) in [6.45, 7) is 0. The van der Waals surface area contributed by atoms with Crippen LogP contribution in [0.15, 0.2) is 0 Å². The van der Waals surface area contributed by atoms with Gasteiger partial charge in [-0.3, -0.25) is 4.79 Å². The first kappa shape index (κ1) is 7.64. The molecule has 1 aromatic heterocycles. The molecule has 6 heteroatoms. The maximum atomic E-state index is 12.2. The van der Waals surface area contributed by atoms with E-state index in [0.717, 1.165) is 0 Å². The lowest BCUT2D eigenvalue weighted by molar-refractivity contribution is 0.111. The molecular formula is C5HF3N2O. The van der Waals surface area contributed by atoms with Crippen LogP contribution in [0.2, 0.25) is 0 Å². The van der Waals surface area contributed by atoms with Crippen molar-refractivity contribution in [3.05, 3.63) is 23.5 Å². The average molecular weight is 162 g/mol. The summed E-state index contributed by atoms with van der Waals surface area (Å²) in [6.07, 6.45) is -1.66. The average Bonchev–Trinajstić information content (AvgIpc) is 1.85. The standard InChI is InChI=1S/C5HF3N2O/c6-3-2(1-11)4(7)10-5(8)9-3/h1H. The molecule has 58 valence electrons. The minimum atomic E-state index is -1.54. The number of aromatic nitrogens is 2. The monoisotopic (exact) mass is 162 g/mol. The predicted octanol–water partition coefficient (Wildman–Crippen LogP) is 0.706. The summed E-state index contributed by atoms with van der Waals surface area (Å²) >= 11 is 0. The van der Waals surface area contributed by atoms with E-state index < -0.39 is 23.5 Å². The Labute approximate surface area is 58.9 Å². The maximum Gasteiger partial charge on any atom is 0.313 e. The highest BCUT2D eigenvalue weighted by Crippen LogP contribution is 2.04. The first-order valence-electron chi connectivity index (χ1n) is 2.49. The largest absolute Gasteiger partial charge is 0.313 e. The number of aldehydes is 1. The van der Waals surface area contributed by atoms with E-state index in [2.05, 4.69) is 9.97 Å². The zero-order valence-corrected chi connectivity index (χ0v) is 5.01. The Hall–Kier alpha value is -1.46. The lowest BCUT2D eigenvalue weighted by Gasteiger charge is -1.93. The molecule has 0 aliphatic heterocycles. The fraction of sp³-hybridized carbons (Fsp3) is 0. The molecule has 0 bridgehead atoms. The van der Waals surface area contributed by atoms with Gasteiger partial charge in [-0.15, -0.1) is 0 Å². The number of carbonyl (C=O) groups excluding carboxylic acids is 1. The van der Waals surface area contributed by atoms with Gasteiger partial charge >= 0.3 is 6.08 Å². The third-order valence-electron chi connectivity index (χ3n) is 0.943. The van der Waals surface area contributed by atoms with Gasteiger partial charge in [-0.2, -0.15) is 23.1 Å². The Morgan fingerprint density at radius 2 is 1.55 bits per heavy atom. The highest BCUT2D eigenvalue weighted by atomic mass is 19.2. The highest BCUT2D eigenvalue weighted by molar-refractivity contribution is 5.74. The van der Waals surface area contributed by atoms with E-state index in [1.54, 1.807) is 0 Å². The Balaban J connectivity index is 3.36. The Morgan fingerprint density at radius 3 is 1.91 bits per heavy atom. The van der Waals surface area contributed by atoms with Crippen molar-refractivity contribution >= 4 is 6.29 Å². The minimum absolute atomic E-state index is 0.121. The van der Waals surface area contributed by atoms with Gasteiger partial charge in [0.15, 0.2) is 6.29 Å². The van der Waals surface area contributed by atoms with Crippen molar-refractivity contribution in [2.75, 3.05) is 0 Å². The molecule has 0 aliphatic carbocycles. The molecule has 0 saturated heterocycles. The van der Waals surface area contributed by atoms with Crippen LogP contribution in [-0.4, -0.2) is 16.3 Å². The Morgan fingerprint density at radius 1 is 1.09 bits per heavy atom. The van der Waals surface area contributed by atoms with Gasteiger partial charge in [0.1, 0.15) is 5.56 Å². The quantitative estimate of drug-likeness (QED) is 0.347. The fourth-order valence-corrected chi connectivity index (χ4v) is 0.490. The predicted molar refractivity (Wildman–Crippen MR) is 27.3 cm³/mol. The molecule has 0 saturated carbocycles. The van der Waals surface area contributed by atoms with E-state index in [-0.39, 0.29) is 6.29 Å². The molecule has 0 aliphatic rings. The molecule has 1 rings (SSSR count). The number of halogens is 3. The van der Waals surface area contributed by atoms with Gasteiger partial charge in [0.05, 0.1) is 0 Å². The summed E-state index contributed by atoms with van der Waals surface area (Å²) in [7, 11) is 0. The number of nitrogens with zero attached hydrogens (tertiary/aromatic N) is 2. The molecule has 0 aromatic carbocycles. The van der Waals surface area contributed by atoms with Crippen LogP contribution in [0.1, 0.15) is 10.4 Å². The van der Waals surface area contributed by atoms with E-state index in [4.69, 9.17) is 0 Å². The van der Waals surface area contributed by atoms with Crippen LogP contribution in [0.5, 0.6) is 0 Å². The second kappa shape index (κ2) is 2.65. The lowest BCUT2D eigenvalue weighted by Crippen LogP contribution is -2.03. The summed E-state index contributed by atoms with van der Waals surface area (Å²) in [5, 5.41) is 0. The fourth-order valence-electron chi connectivity index (χ4n) is 0.490. The topological polar surface area (TPSA) is 42.9 Å². The summed E-state index contributed by atoms with van der Waals surface area (Å²) in [4.78, 5) is 14.9. The third-order valence-corrected chi connectivity index (χ3v) is 0.943. The van der Waals surface area contributed by atoms with Crippen molar-refractivity contribution in [2.45, 2.75) is 0 Å². The molecule has 0 unspecified atom stereocenters. The first-order valence-corrected chi connectivity index (χ1v) is 2.49. The molecule has 3 nitrogen and oxygen atoms in total. The normalized spacial score (nSPS) is 9.73. The van der Waals surface area contributed by atoms with Gasteiger partial charge in [0.2, 0.25) is 11.9 Å². The van der Waals surface area contributed by atoms with Crippen LogP contribution in [0, 0.1) is 18.0 Å². The molecule has 0 amide bonds. The van der Waals surface area contributed by atoms with Crippen molar-refractivity contribution in [1.82, 2.24) is 9.97 Å². The summed E-state index contributed by atoms with van der Waals surface area (Å²) < 4.78 is 36.4. The van der Waals surface area contributed by atoms with Crippen LogP contribution in [-0.2, 0) is 0 Å². The zero-order chi connectivity index (χ0) is 8.43. The van der Waals surface area contributed by atoms with Gasteiger partial charge in [0.25, 0.3) is 0 Å². The molecule has 1 aromatic rings. The smallest absolute Gasteiger partial charge is 0.298 e. The van der Waals surface area contributed by atoms with Crippen LogP contribution < -0.4 is 0 Å². The molecule has 11 heavy (non-hydrogen) atoms. The number of rotatable bonds is 1. The van der Waals surface area contributed by atoms with Gasteiger partial charge in [-0.05, 0) is 0 Å². The van der Waals surface area contributed by atoms with Gasteiger partial charge < -0.3 is 0 Å². The molecule has 1 heterocycles.